The van der Waals surface area contributed by atoms with Gasteiger partial charge in [0.15, 0.2) is 22.5 Å². The van der Waals surface area contributed by atoms with Gasteiger partial charge in [-0.2, -0.15) is 0 Å². The molecule has 0 aliphatic carbocycles. The van der Waals surface area contributed by atoms with Crippen LogP contribution in [0, 0.1) is 17.5 Å². The van der Waals surface area contributed by atoms with Crippen LogP contribution >= 0.6 is 11.8 Å². The molecule has 0 saturated heterocycles. The second-order valence-electron chi connectivity index (χ2n) is 6.39. The third kappa shape index (κ3) is 5.66. The lowest BCUT2D eigenvalue weighted by Gasteiger charge is -2.13. The summed E-state index contributed by atoms with van der Waals surface area (Å²) in [4.78, 5) is 12.4. The van der Waals surface area contributed by atoms with E-state index < -0.39 is 28.6 Å². The summed E-state index contributed by atoms with van der Waals surface area (Å²) in [5.74, 6) is -1.95. The van der Waals surface area contributed by atoms with Crippen molar-refractivity contribution in [1.29, 1.82) is 0 Å². The number of carbonyl (C=O) groups is 1. The van der Waals surface area contributed by atoms with Crippen molar-refractivity contribution in [3.63, 3.8) is 0 Å². The summed E-state index contributed by atoms with van der Waals surface area (Å²) in [6, 6.07) is 8.79. The number of thioether (sulfide) groups is 1. The summed E-state index contributed by atoms with van der Waals surface area (Å²) in [6.07, 6.45) is 1.62. The van der Waals surface area contributed by atoms with E-state index in [2.05, 4.69) is 22.1 Å². The van der Waals surface area contributed by atoms with Crippen LogP contribution < -0.4 is 10.1 Å². The highest BCUT2D eigenvalue weighted by Gasteiger charge is 2.21. The Labute approximate surface area is 181 Å². The smallest absolute Gasteiger partial charge is 0.237 e. The molecule has 1 heterocycles. The Morgan fingerprint density at radius 1 is 1.23 bits per heavy atom. The first-order valence-electron chi connectivity index (χ1n) is 9.22. The Kier molecular flexibility index (Phi) is 7.35. The van der Waals surface area contributed by atoms with E-state index in [9.17, 15) is 18.0 Å². The van der Waals surface area contributed by atoms with E-state index in [1.165, 1.54) is 12.1 Å². The van der Waals surface area contributed by atoms with E-state index in [1.54, 1.807) is 29.7 Å². The van der Waals surface area contributed by atoms with Gasteiger partial charge in [0.2, 0.25) is 5.91 Å². The minimum Gasteiger partial charge on any atom is -0.483 e. The van der Waals surface area contributed by atoms with Crippen molar-refractivity contribution < 1.29 is 22.7 Å². The molecule has 0 saturated carbocycles. The lowest BCUT2D eigenvalue weighted by Crippen LogP contribution is -2.23. The van der Waals surface area contributed by atoms with Crippen LogP contribution in [-0.4, -0.2) is 25.9 Å². The molecule has 1 atom stereocenters. The van der Waals surface area contributed by atoms with Crippen molar-refractivity contribution in [1.82, 2.24) is 14.8 Å². The maximum Gasteiger partial charge on any atom is 0.237 e. The summed E-state index contributed by atoms with van der Waals surface area (Å²) in [5.41, 5.74) is -0.246. The number of aromatic nitrogens is 3. The van der Waals surface area contributed by atoms with Gasteiger partial charge in [-0.05, 0) is 31.2 Å². The Morgan fingerprint density at radius 3 is 2.74 bits per heavy atom. The fourth-order valence-electron chi connectivity index (χ4n) is 2.57. The molecular weight excluding hydrogens is 429 g/mol. The Balaban J connectivity index is 1.70. The van der Waals surface area contributed by atoms with Crippen LogP contribution in [0.15, 0.2) is 60.3 Å². The Morgan fingerprint density at radius 2 is 2.00 bits per heavy atom. The number of rotatable bonds is 9. The second-order valence-corrected chi connectivity index (χ2v) is 7.70. The van der Waals surface area contributed by atoms with Gasteiger partial charge in [-0.15, -0.1) is 16.8 Å². The standard InChI is InChI=1S/C21H19F3N4O2S/c1-3-10-28-19(12-30-18-7-5-4-6-16(18)24)26-27-21(28)31-13(2)20(29)25-17-11-14(22)8-9-15(17)23/h3-9,11,13H,1,10,12H2,2H3,(H,25,29). The van der Waals surface area contributed by atoms with Gasteiger partial charge >= 0.3 is 0 Å². The summed E-state index contributed by atoms with van der Waals surface area (Å²) in [6.45, 7) is 5.58. The van der Waals surface area contributed by atoms with Gasteiger partial charge in [0.1, 0.15) is 18.2 Å². The van der Waals surface area contributed by atoms with E-state index in [0.29, 0.717) is 17.5 Å². The average molecular weight is 448 g/mol. The van der Waals surface area contributed by atoms with Crippen molar-refractivity contribution in [2.45, 2.75) is 30.5 Å². The first-order chi connectivity index (χ1) is 14.9. The number of nitrogens with zero attached hydrogens (tertiary/aromatic N) is 3. The molecule has 2 aromatic carbocycles. The van der Waals surface area contributed by atoms with Gasteiger partial charge in [0, 0.05) is 12.6 Å². The predicted molar refractivity (Wildman–Crippen MR) is 111 cm³/mol. The Hall–Kier alpha value is -3.27. The molecule has 1 aromatic heterocycles. The predicted octanol–water partition coefficient (Wildman–Crippen LogP) is 4.58. The molecule has 1 amide bonds. The maximum atomic E-state index is 13.8. The molecule has 6 nitrogen and oxygen atoms in total. The number of nitrogens with one attached hydrogen (secondary N) is 1. The lowest BCUT2D eigenvalue weighted by molar-refractivity contribution is -0.115. The van der Waals surface area contributed by atoms with Crippen LogP contribution in [0.1, 0.15) is 12.7 Å². The van der Waals surface area contributed by atoms with Gasteiger partial charge in [0.25, 0.3) is 0 Å². The number of halogens is 3. The highest BCUT2D eigenvalue weighted by molar-refractivity contribution is 8.00. The van der Waals surface area contributed by atoms with Gasteiger partial charge in [0.05, 0.1) is 10.9 Å². The molecule has 0 spiro atoms. The fourth-order valence-corrected chi connectivity index (χ4v) is 3.45. The summed E-state index contributed by atoms with van der Waals surface area (Å²) in [5, 5.41) is 10.2. The van der Waals surface area contributed by atoms with Crippen LogP contribution in [0.3, 0.4) is 0 Å². The first kappa shape index (κ1) is 22.4. The number of carbonyl (C=O) groups excluding carboxylic acids is 1. The molecule has 31 heavy (non-hydrogen) atoms. The van der Waals surface area contributed by atoms with Gasteiger partial charge in [-0.25, -0.2) is 13.2 Å². The zero-order valence-corrected chi connectivity index (χ0v) is 17.3. The zero-order valence-electron chi connectivity index (χ0n) is 16.5. The number of para-hydroxylation sites is 1. The van der Waals surface area contributed by atoms with Crippen molar-refractivity contribution in [2.75, 3.05) is 5.32 Å². The molecule has 1 N–H and O–H groups in total. The van der Waals surface area contributed by atoms with E-state index in [-0.39, 0.29) is 18.0 Å². The summed E-state index contributed by atoms with van der Waals surface area (Å²) in [7, 11) is 0. The van der Waals surface area contributed by atoms with Crippen LogP contribution in [0.4, 0.5) is 18.9 Å². The quantitative estimate of drug-likeness (QED) is 0.383. The fraction of sp³-hybridized carbons (Fsp3) is 0.190. The number of hydrogen-bond acceptors (Lipinski definition) is 5. The topological polar surface area (TPSA) is 69.0 Å². The van der Waals surface area contributed by atoms with Crippen molar-refractivity contribution in [3.05, 3.63) is 78.4 Å². The Bertz CT molecular complexity index is 1090. The van der Waals surface area contributed by atoms with Crippen molar-refractivity contribution in [2.24, 2.45) is 0 Å². The van der Waals surface area contributed by atoms with E-state index in [1.807, 2.05) is 0 Å². The average Bonchev–Trinajstić information content (AvgIpc) is 3.11. The molecule has 0 fully saturated rings. The van der Waals surface area contributed by atoms with Crippen LogP contribution in [0.5, 0.6) is 5.75 Å². The monoisotopic (exact) mass is 448 g/mol. The minimum absolute atomic E-state index is 0.0442. The highest BCUT2D eigenvalue weighted by atomic mass is 32.2. The van der Waals surface area contributed by atoms with Crippen molar-refractivity contribution >= 4 is 23.4 Å². The number of benzene rings is 2. The third-order valence-electron chi connectivity index (χ3n) is 4.14. The van der Waals surface area contributed by atoms with Crippen molar-refractivity contribution in [3.8, 4) is 5.75 Å². The molecule has 3 aromatic rings. The lowest BCUT2D eigenvalue weighted by atomic mass is 10.3. The zero-order chi connectivity index (χ0) is 22.4. The van der Waals surface area contributed by atoms with E-state index in [0.717, 1.165) is 30.0 Å². The molecule has 3 rings (SSSR count). The van der Waals surface area contributed by atoms with Gasteiger partial charge in [-0.1, -0.05) is 30.0 Å². The SMILES string of the molecule is C=CCn1c(COc2ccccc2F)nnc1SC(C)C(=O)Nc1cc(F)ccc1F. The minimum atomic E-state index is -0.741. The number of amides is 1. The number of ether oxygens (including phenoxy) is 1. The third-order valence-corrected chi connectivity index (χ3v) is 5.22. The van der Waals surface area contributed by atoms with Crippen LogP contribution in [-0.2, 0) is 17.9 Å². The van der Waals surface area contributed by atoms with Gasteiger partial charge in [-0.3, -0.25) is 9.36 Å². The maximum absolute atomic E-state index is 13.8. The molecule has 0 radical (unpaired) electrons. The summed E-state index contributed by atoms with van der Waals surface area (Å²) < 4.78 is 48.0. The molecule has 162 valence electrons. The van der Waals surface area contributed by atoms with Gasteiger partial charge < -0.3 is 10.1 Å². The molecule has 1 unspecified atom stereocenters. The normalized spacial score (nSPS) is 11.7. The van der Waals surface area contributed by atoms with E-state index in [4.69, 9.17) is 4.74 Å². The first-order valence-corrected chi connectivity index (χ1v) is 10.1. The second kappa shape index (κ2) is 10.2. The largest absolute Gasteiger partial charge is 0.483 e. The molecule has 0 bridgehead atoms. The molecule has 0 aliphatic rings. The molecular formula is C21H19F3N4O2S. The highest BCUT2D eigenvalue weighted by Crippen LogP contribution is 2.25. The molecule has 10 heteroatoms. The number of allylic oxidation sites excluding steroid dienone is 1. The van der Waals surface area contributed by atoms with Crippen LogP contribution in [0.2, 0.25) is 0 Å². The molecule has 0 aliphatic heterocycles. The van der Waals surface area contributed by atoms with Crippen LogP contribution in [0.25, 0.3) is 0 Å². The summed E-state index contributed by atoms with van der Waals surface area (Å²) >= 11 is 1.08. The number of anilines is 1. The van der Waals surface area contributed by atoms with E-state index >= 15 is 0 Å². The number of hydrogen-bond donors (Lipinski definition) is 1.